The van der Waals surface area contributed by atoms with Gasteiger partial charge in [0.25, 0.3) is 0 Å². The molecule has 0 bridgehead atoms. The Kier molecular flexibility index (Phi) is 3.53. The smallest absolute Gasteiger partial charge is 0.239 e. The average molecular weight is 259 g/mol. The first-order valence-corrected chi connectivity index (χ1v) is 7.05. The normalized spacial score (nSPS) is 27.2. The van der Waals surface area contributed by atoms with Crippen molar-refractivity contribution < 1.29 is 4.79 Å². The van der Waals surface area contributed by atoms with Crippen molar-refractivity contribution >= 4 is 5.91 Å². The van der Waals surface area contributed by atoms with Crippen LogP contribution in [0, 0.1) is 0 Å². The average Bonchev–Trinajstić information content (AvgIpc) is 2.65. The van der Waals surface area contributed by atoms with E-state index in [4.69, 9.17) is 0 Å². The van der Waals surface area contributed by atoms with Gasteiger partial charge in [-0.1, -0.05) is 24.3 Å². The van der Waals surface area contributed by atoms with Crippen molar-refractivity contribution in [1.29, 1.82) is 0 Å². The number of hydrogen-bond acceptors (Lipinski definition) is 3. The molecule has 1 amide bonds. The maximum Gasteiger partial charge on any atom is 0.239 e. The highest BCUT2D eigenvalue weighted by Gasteiger charge is 2.31. The molecular formula is C15H21N3O. The molecule has 2 unspecified atom stereocenters. The summed E-state index contributed by atoms with van der Waals surface area (Å²) in [5, 5.41) is 7.01. The largest absolute Gasteiger partial charge is 0.344 e. The molecule has 2 atom stereocenters. The Labute approximate surface area is 114 Å². The van der Waals surface area contributed by atoms with Gasteiger partial charge in [0.05, 0.1) is 6.04 Å². The molecule has 0 saturated carbocycles. The second-order valence-corrected chi connectivity index (χ2v) is 5.48. The molecule has 102 valence electrons. The fourth-order valence-electron chi connectivity index (χ4n) is 3.05. The Morgan fingerprint density at radius 1 is 1.26 bits per heavy atom. The summed E-state index contributed by atoms with van der Waals surface area (Å²) in [6, 6.07) is 8.79. The van der Waals surface area contributed by atoms with Crippen LogP contribution in [0.1, 0.15) is 30.0 Å². The van der Waals surface area contributed by atoms with Crippen molar-refractivity contribution in [2.45, 2.75) is 31.5 Å². The maximum absolute atomic E-state index is 12.0. The number of rotatable bonds is 2. The van der Waals surface area contributed by atoms with Gasteiger partial charge in [-0.25, -0.2) is 0 Å². The second kappa shape index (κ2) is 5.31. The standard InChI is InChI=1S/C15H21N3O/c1-18-9-7-14(15(18)19)17-13-6-8-16-10-11-4-2-3-5-12(11)13/h2-5,13-14,16-17H,6-10H2,1H3. The number of likely N-dealkylation sites (N-methyl/N-ethyl adjacent to an activating group) is 1. The number of hydrogen-bond donors (Lipinski definition) is 2. The van der Waals surface area contributed by atoms with Crippen LogP contribution in [0.15, 0.2) is 24.3 Å². The number of nitrogens with zero attached hydrogens (tertiary/aromatic N) is 1. The van der Waals surface area contributed by atoms with E-state index in [-0.39, 0.29) is 18.0 Å². The van der Waals surface area contributed by atoms with E-state index < -0.39 is 0 Å². The number of carbonyl (C=O) groups is 1. The fraction of sp³-hybridized carbons (Fsp3) is 0.533. The topological polar surface area (TPSA) is 44.4 Å². The molecule has 2 N–H and O–H groups in total. The molecule has 19 heavy (non-hydrogen) atoms. The summed E-state index contributed by atoms with van der Waals surface area (Å²) < 4.78 is 0. The van der Waals surface area contributed by atoms with Gasteiger partial charge in [0.1, 0.15) is 0 Å². The predicted octanol–water partition coefficient (Wildman–Crippen LogP) is 1.04. The van der Waals surface area contributed by atoms with Crippen molar-refractivity contribution in [3.63, 3.8) is 0 Å². The Morgan fingerprint density at radius 3 is 2.89 bits per heavy atom. The first-order valence-electron chi connectivity index (χ1n) is 7.05. The zero-order valence-corrected chi connectivity index (χ0v) is 11.4. The molecule has 1 saturated heterocycles. The summed E-state index contributed by atoms with van der Waals surface area (Å²) in [5.41, 5.74) is 2.69. The van der Waals surface area contributed by atoms with Gasteiger partial charge < -0.3 is 10.2 Å². The highest BCUT2D eigenvalue weighted by atomic mass is 16.2. The summed E-state index contributed by atoms with van der Waals surface area (Å²) in [5.74, 6) is 0.231. The fourth-order valence-corrected chi connectivity index (χ4v) is 3.05. The summed E-state index contributed by atoms with van der Waals surface area (Å²) in [4.78, 5) is 13.8. The molecule has 1 fully saturated rings. The number of carbonyl (C=O) groups excluding carboxylic acids is 1. The predicted molar refractivity (Wildman–Crippen MR) is 74.7 cm³/mol. The zero-order valence-electron chi connectivity index (χ0n) is 11.4. The lowest BCUT2D eigenvalue weighted by atomic mass is 9.98. The van der Waals surface area contributed by atoms with Crippen molar-refractivity contribution in [2.75, 3.05) is 20.1 Å². The maximum atomic E-state index is 12.0. The van der Waals surface area contributed by atoms with Crippen molar-refractivity contribution in [1.82, 2.24) is 15.5 Å². The van der Waals surface area contributed by atoms with Gasteiger partial charge in [-0.2, -0.15) is 0 Å². The first-order chi connectivity index (χ1) is 9.25. The minimum atomic E-state index is -0.0128. The van der Waals surface area contributed by atoms with Gasteiger partial charge in [0.2, 0.25) is 5.91 Å². The molecule has 4 nitrogen and oxygen atoms in total. The molecule has 4 heteroatoms. The van der Waals surface area contributed by atoms with E-state index in [2.05, 4.69) is 34.9 Å². The summed E-state index contributed by atoms with van der Waals surface area (Å²) in [6.45, 7) is 2.78. The number of amides is 1. The van der Waals surface area contributed by atoms with Gasteiger partial charge in [-0.3, -0.25) is 10.1 Å². The van der Waals surface area contributed by atoms with Crippen LogP contribution in [-0.4, -0.2) is 37.0 Å². The van der Waals surface area contributed by atoms with E-state index in [1.165, 1.54) is 11.1 Å². The number of likely N-dealkylation sites (tertiary alicyclic amines) is 1. The van der Waals surface area contributed by atoms with Crippen LogP contribution in [0.3, 0.4) is 0 Å². The van der Waals surface area contributed by atoms with Gasteiger partial charge >= 0.3 is 0 Å². The second-order valence-electron chi connectivity index (χ2n) is 5.48. The molecule has 1 aromatic rings. The van der Waals surface area contributed by atoms with Crippen LogP contribution in [0.25, 0.3) is 0 Å². The van der Waals surface area contributed by atoms with Crippen LogP contribution in [0.4, 0.5) is 0 Å². The summed E-state index contributed by atoms with van der Waals surface area (Å²) in [7, 11) is 1.88. The molecule has 2 aliphatic rings. The van der Waals surface area contributed by atoms with Crippen molar-refractivity contribution in [3.8, 4) is 0 Å². The number of benzene rings is 1. The van der Waals surface area contributed by atoms with Crippen LogP contribution >= 0.6 is 0 Å². The lowest BCUT2D eigenvalue weighted by Crippen LogP contribution is -2.39. The molecule has 1 aromatic carbocycles. The Hall–Kier alpha value is -1.39. The third-order valence-corrected chi connectivity index (χ3v) is 4.19. The first kappa shape index (κ1) is 12.6. The van der Waals surface area contributed by atoms with Crippen molar-refractivity contribution in [3.05, 3.63) is 35.4 Å². The SMILES string of the molecule is CN1CCC(NC2CCNCc3ccccc32)C1=O. The lowest BCUT2D eigenvalue weighted by Gasteiger charge is -2.22. The van der Waals surface area contributed by atoms with Crippen LogP contribution in [0.5, 0.6) is 0 Å². The third kappa shape index (κ3) is 2.51. The molecule has 0 aromatic heterocycles. The van der Waals surface area contributed by atoms with Crippen LogP contribution in [-0.2, 0) is 11.3 Å². The molecule has 3 rings (SSSR count). The van der Waals surface area contributed by atoms with Gasteiger partial charge in [0.15, 0.2) is 0 Å². The highest BCUT2D eigenvalue weighted by molar-refractivity contribution is 5.83. The molecule has 0 aliphatic carbocycles. The van der Waals surface area contributed by atoms with E-state index in [0.717, 1.165) is 32.5 Å². The van der Waals surface area contributed by atoms with E-state index in [0.29, 0.717) is 0 Å². The summed E-state index contributed by atoms with van der Waals surface area (Å²) >= 11 is 0. The quantitative estimate of drug-likeness (QED) is 0.834. The van der Waals surface area contributed by atoms with Crippen molar-refractivity contribution in [2.24, 2.45) is 0 Å². The number of nitrogens with one attached hydrogen (secondary N) is 2. The van der Waals surface area contributed by atoms with Gasteiger partial charge in [-0.05, 0) is 30.5 Å². The highest BCUT2D eigenvalue weighted by Crippen LogP contribution is 2.25. The Bertz CT molecular complexity index is 474. The van der Waals surface area contributed by atoms with E-state index in [9.17, 15) is 4.79 Å². The minimum absolute atomic E-state index is 0.0128. The molecule has 2 heterocycles. The van der Waals surface area contributed by atoms with Gasteiger partial charge in [-0.15, -0.1) is 0 Å². The molecule has 0 radical (unpaired) electrons. The Balaban J connectivity index is 1.79. The monoisotopic (exact) mass is 259 g/mol. The molecule has 0 spiro atoms. The van der Waals surface area contributed by atoms with Gasteiger partial charge in [0, 0.05) is 26.2 Å². The zero-order chi connectivity index (χ0) is 13.2. The van der Waals surface area contributed by atoms with Crippen LogP contribution < -0.4 is 10.6 Å². The third-order valence-electron chi connectivity index (χ3n) is 4.19. The van der Waals surface area contributed by atoms with E-state index in [1.807, 2.05) is 11.9 Å². The van der Waals surface area contributed by atoms with E-state index in [1.54, 1.807) is 0 Å². The number of fused-ring (bicyclic) bond motifs is 1. The van der Waals surface area contributed by atoms with Crippen LogP contribution in [0.2, 0.25) is 0 Å². The lowest BCUT2D eigenvalue weighted by molar-refractivity contribution is -0.128. The summed E-state index contributed by atoms with van der Waals surface area (Å²) in [6.07, 6.45) is 1.95. The molecule has 2 aliphatic heterocycles. The molecular weight excluding hydrogens is 238 g/mol. The Morgan fingerprint density at radius 2 is 2.11 bits per heavy atom. The minimum Gasteiger partial charge on any atom is -0.344 e. The van der Waals surface area contributed by atoms with E-state index >= 15 is 0 Å².